The number of carboxylic acid groups (broad SMARTS) is 1. The van der Waals surface area contributed by atoms with Gasteiger partial charge in [0.2, 0.25) is 11.8 Å². The number of halogens is 2. The maximum Gasteiger partial charge on any atom is 0.372 e. The normalized spacial score (nSPS) is 34.7. The lowest BCUT2D eigenvalue weighted by molar-refractivity contribution is -0.278. The molecule has 1 heterocycles. The van der Waals surface area contributed by atoms with Gasteiger partial charge < -0.3 is 35.8 Å². The zero-order valence-electron chi connectivity index (χ0n) is 13.3. The van der Waals surface area contributed by atoms with E-state index in [0.717, 1.165) is 13.8 Å². The number of ether oxygens (including phenoxy) is 1. The predicted molar refractivity (Wildman–Crippen MR) is 75.6 cm³/mol. The number of rotatable bonds is 6. The molecule has 1 rings (SSSR count). The van der Waals surface area contributed by atoms with Gasteiger partial charge in [0, 0.05) is 13.8 Å². The fourth-order valence-electron chi connectivity index (χ4n) is 2.54. The molecule has 0 saturated carbocycles. The number of amides is 2. The van der Waals surface area contributed by atoms with Gasteiger partial charge >= 0.3 is 11.8 Å². The van der Waals surface area contributed by atoms with Crippen LogP contribution in [0.2, 0.25) is 0 Å². The van der Waals surface area contributed by atoms with Crippen LogP contribution in [0.25, 0.3) is 0 Å². The van der Waals surface area contributed by atoms with Crippen LogP contribution in [0.1, 0.15) is 13.8 Å². The van der Waals surface area contributed by atoms with Gasteiger partial charge in [-0.05, 0) is 0 Å². The van der Waals surface area contributed by atoms with Crippen molar-refractivity contribution in [3.63, 3.8) is 0 Å². The van der Waals surface area contributed by atoms with E-state index in [9.17, 15) is 33.4 Å². The molecule has 1 saturated heterocycles. The van der Waals surface area contributed by atoms with E-state index in [1.165, 1.54) is 0 Å². The first-order valence-electron chi connectivity index (χ1n) is 7.21. The Hall–Kier alpha value is -1.89. The van der Waals surface area contributed by atoms with Crippen molar-refractivity contribution in [3.8, 4) is 0 Å². The van der Waals surface area contributed by atoms with E-state index >= 15 is 0 Å². The molecule has 0 spiro atoms. The molecular weight excluding hydrogens is 350 g/mol. The topological polar surface area (TPSA) is 165 Å². The second kappa shape index (κ2) is 7.99. The van der Waals surface area contributed by atoms with Gasteiger partial charge in [-0.15, -0.1) is 0 Å². The summed E-state index contributed by atoms with van der Waals surface area (Å²) >= 11 is 0. The molecule has 25 heavy (non-hydrogen) atoms. The fraction of sp³-hybridized carbons (Fsp3) is 0.769. The number of aliphatic hydroxyl groups is 3. The Balaban J connectivity index is 3.38. The van der Waals surface area contributed by atoms with Gasteiger partial charge in [0.1, 0.15) is 18.3 Å². The third-order valence-corrected chi connectivity index (χ3v) is 3.67. The summed E-state index contributed by atoms with van der Waals surface area (Å²) in [7, 11) is 0. The highest BCUT2D eigenvalue weighted by atomic mass is 19.2. The van der Waals surface area contributed by atoms with Gasteiger partial charge in [0.15, 0.2) is 6.17 Å². The average molecular weight is 370 g/mol. The number of aliphatic carboxylic acids is 1. The predicted octanol–water partition coefficient (Wildman–Crippen LogP) is -2.80. The van der Waals surface area contributed by atoms with Crippen molar-refractivity contribution in [2.24, 2.45) is 0 Å². The van der Waals surface area contributed by atoms with E-state index in [1.807, 2.05) is 5.32 Å². The molecule has 0 aliphatic carbocycles. The highest BCUT2D eigenvalue weighted by molar-refractivity contribution is 5.78. The van der Waals surface area contributed by atoms with E-state index in [-0.39, 0.29) is 0 Å². The largest absolute Gasteiger partial charge is 0.477 e. The molecule has 1 aliphatic heterocycles. The van der Waals surface area contributed by atoms with Crippen LogP contribution >= 0.6 is 0 Å². The van der Waals surface area contributed by atoms with Crippen LogP contribution in [0, 0.1) is 0 Å². The first-order chi connectivity index (χ1) is 11.5. The van der Waals surface area contributed by atoms with Crippen LogP contribution < -0.4 is 10.6 Å². The number of carboxylic acids is 1. The zero-order chi connectivity index (χ0) is 19.5. The molecule has 3 unspecified atom stereocenters. The van der Waals surface area contributed by atoms with Gasteiger partial charge in [0.25, 0.3) is 0 Å². The summed E-state index contributed by atoms with van der Waals surface area (Å²) in [5.74, 6) is -7.99. The number of alkyl halides is 2. The summed E-state index contributed by atoms with van der Waals surface area (Å²) in [5.41, 5.74) is 0. The molecule has 1 aliphatic rings. The third-order valence-electron chi connectivity index (χ3n) is 3.67. The number of hydrogen-bond donors (Lipinski definition) is 6. The van der Waals surface area contributed by atoms with Crippen molar-refractivity contribution in [2.45, 2.75) is 56.3 Å². The molecule has 0 aromatic carbocycles. The molecule has 6 N–H and O–H groups in total. The number of hydrogen-bond acceptors (Lipinski definition) is 7. The first kappa shape index (κ1) is 21.2. The lowest BCUT2D eigenvalue weighted by Crippen LogP contribution is -2.74. The molecular formula is C13H20F2N2O8. The van der Waals surface area contributed by atoms with Crippen LogP contribution in [-0.2, 0) is 19.1 Å². The van der Waals surface area contributed by atoms with E-state index in [4.69, 9.17) is 10.2 Å². The minimum Gasteiger partial charge on any atom is -0.477 e. The van der Waals surface area contributed by atoms with Crippen molar-refractivity contribution in [1.82, 2.24) is 10.6 Å². The lowest BCUT2D eigenvalue weighted by atomic mass is 9.86. The molecule has 12 heteroatoms. The monoisotopic (exact) mass is 370 g/mol. The minimum atomic E-state index is -3.97. The summed E-state index contributed by atoms with van der Waals surface area (Å²) in [6.07, 6.45) is -8.94. The van der Waals surface area contributed by atoms with Crippen molar-refractivity contribution in [3.05, 3.63) is 0 Å². The minimum absolute atomic E-state index is 0.784. The summed E-state index contributed by atoms with van der Waals surface area (Å²) in [5, 5.41) is 41.5. The van der Waals surface area contributed by atoms with Gasteiger partial charge in [0.05, 0.1) is 18.7 Å². The standard InChI is InChI=1S/C13H20F2N2O8/c1-4(19)16-7-8(17-5(2)20)11(14)13(15,12(23)24)25-10(7)9(22)6(21)3-18/h6-11,18,21-22H,3H2,1-2H3,(H,16,19)(H,17,20)(H,23,24)/t6-,7-,8?,9-,10?,11?,13-/m1/s1. The van der Waals surface area contributed by atoms with Crippen LogP contribution in [0.5, 0.6) is 0 Å². The maximum atomic E-state index is 14.6. The van der Waals surface area contributed by atoms with Gasteiger partial charge in [-0.3, -0.25) is 9.59 Å². The number of nitrogens with one attached hydrogen (secondary N) is 2. The Labute approximate surface area is 140 Å². The van der Waals surface area contributed by atoms with E-state index in [1.54, 1.807) is 0 Å². The second-order valence-electron chi connectivity index (χ2n) is 5.63. The van der Waals surface area contributed by atoms with Crippen molar-refractivity contribution < 1.29 is 48.3 Å². The maximum absolute atomic E-state index is 14.6. The Bertz CT molecular complexity index is 536. The zero-order valence-corrected chi connectivity index (χ0v) is 13.3. The first-order valence-corrected chi connectivity index (χ1v) is 7.21. The summed E-state index contributed by atoms with van der Waals surface area (Å²) < 4.78 is 33.6. The SMILES string of the molecule is CC(=O)NC1C(F)[C@](F)(C(=O)O)OC([C@H](O)[C@H](O)CO)[C@@H]1NC(C)=O. The Morgan fingerprint density at radius 1 is 1.16 bits per heavy atom. The molecule has 7 atom stereocenters. The van der Waals surface area contributed by atoms with Crippen LogP contribution in [0.3, 0.4) is 0 Å². The molecule has 10 nitrogen and oxygen atoms in total. The third kappa shape index (κ3) is 4.39. The van der Waals surface area contributed by atoms with Gasteiger partial charge in [-0.1, -0.05) is 0 Å². The molecule has 1 fully saturated rings. The Morgan fingerprint density at radius 3 is 2.04 bits per heavy atom. The van der Waals surface area contributed by atoms with Gasteiger partial charge in [-0.2, -0.15) is 4.39 Å². The second-order valence-corrected chi connectivity index (χ2v) is 5.63. The van der Waals surface area contributed by atoms with Crippen LogP contribution in [0.4, 0.5) is 8.78 Å². The van der Waals surface area contributed by atoms with E-state index < -0.39 is 66.8 Å². The van der Waals surface area contributed by atoms with Crippen molar-refractivity contribution in [2.75, 3.05) is 6.61 Å². The summed E-state index contributed by atoms with van der Waals surface area (Å²) in [6.45, 7) is 0.935. The van der Waals surface area contributed by atoms with Crippen LogP contribution in [0.15, 0.2) is 0 Å². The van der Waals surface area contributed by atoms with E-state index in [0.29, 0.717) is 0 Å². The summed E-state index contributed by atoms with van der Waals surface area (Å²) in [4.78, 5) is 33.8. The Kier molecular flexibility index (Phi) is 6.76. The van der Waals surface area contributed by atoms with E-state index in [2.05, 4.69) is 10.1 Å². The van der Waals surface area contributed by atoms with Crippen LogP contribution in [-0.4, -0.2) is 87.2 Å². The molecule has 0 aromatic rings. The number of carbonyl (C=O) groups excluding carboxylic acids is 2. The quantitative estimate of drug-likeness (QED) is 0.292. The fourth-order valence-corrected chi connectivity index (χ4v) is 2.54. The van der Waals surface area contributed by atoms with Gasteiger partial charge in [-0.25, -0.2) is 9.18 Å². The molecule has 144 valence electrons. The molecule has 2 amide bonds. The average Bonchev–Trinajstić information content (AvgIpc) is 2.51. The lowest BCUT2D eigenvalue weighted by Gasteiger charge is -2.47. The van der Waals surface area contributed by atoms with Crippen molar-refractivity contribution in [1.29, 1.82) is 0 Å². The Morgan fingerprint density at radius 2 is 1.64 bits per heavy atom. The smallest absolute Gasteiger partial charge is 0.372 e. The number of carbonyl (C=O) groups is 3. The summed E-state index contributed by atoms with van der Waals surface area (Å²) in [6, 6.07) is -3.56. The molecule has 0 radical (unpaired) electrons. The van der Waals surface area contributed by atoms with Crippen molar-refractivity contribution >= 4 is 17.8 Å². The number of aliphatic hydroxyl groups excluding tert-OH is 3. The molecule has 0 aromatic heterocycles. The highest BCUT2D eigenvalue weighted by Crippen LogP contribution is 2.35. The highest BCUT2D eigenvalue weighted by Gasteiger charge is 2.63. The molecule has 0 bridgehead atoms.